The van der Waals surface area contributed by atoms with Crippen molar-refractivity contribution in [3.8, 4) is 0 Å². The van der Waals surface area contributed by atoms with Gasteiger partial charge in [-0.25, -0.2) is 0 Å². The van der Waals surface area contributed by atoms with Gasteiger partial charge in [-0.3, -0.25) is 9.59 Å². The Labute approximate surface area is 131 Å². The number of rotatable bonds is 8. The first-order valence-corrected chi connectivity index (χ1v) is 7.75. The summed E-state index contributed by atoms with van der Waals surface area (Å²) in [5.41, 5.74) is 1.09. The van der Waals surface area contributed by atoms with Crippen LogP contribution in [0, 0.1) is 11.8 Å². The molecule has 4 nitrogen and oxygen atoms in total. The average molecular weight is 309 g/mol. The van der Waals surface area contributed by atoms with E-state index in [0.717, 1.165) is 5.56 Å². The van der Waals surface area contributed by atoms with Gasteiger partial charge in [-0.05, 0) is 24.3 Å². The van der Waals surface area contributed by atoms with E-state index in [1.807, 2.05) is 44.2 Å². The maximum atomic E-state index is 12.2. The van der Waals surface area contributed by atoms with E-state index in [0.29, 0.717) is 18.6 Å². The molecule has 0 unspecified atom stereocenters. The topological polar surface area (TPSA) is 66.4 Å². The van der Waals surface area contributed by atoms with Crippen molar-refractivity contribution in [1.29, 1.82) is 0 Å². The van der Waals surface area contributed by atoms with Gasteiger partial charge in [-0.2, -0.15) is 12.6 Å². The fraction of sp³-hybridized carbons (Fsp3) is 0.500. The maximum absolute atomic E-state index is 12.2. The van der Waals surface area contributed by atoms with E-state index in [9.17, 15) is 14.7 Å². The minimum atomic E-state index is -1.07. The summed E-state index contributed by atoms with van der Waals surface area (Å²) in [7, 11) is 0. The van der Waals surface area contributed by atoms with Crippen LogP contribution < -0.4 is 5.32 Å². The number of hydrogen-bond donors (Lipinski definition) is 3. The highest BCUT2D eigenvalue weighted by Gasteiger charge is 2.28. The van der Waals surface area contributed by atoms with E-state index in [4.69, 9.17) is 0 Å². The molecule has 0 aliphatic rings. The quantitative estimate of drug-likeness (QED) is 0.510. The molecule has 0 fully saturated rings. The highest BCUT2D eigenvalue weighted by atomic mass is 32.1. The van der Waals surface area contributed by atoms with Gasteiger partial charge >= 0.3 is 5.97 Å². The molecular weight excluding hydrogens is 286 g/mol. The van der Waals surface area contributed by atoms with Crippen molar-refractivity contribution in [3.05, 3.63) is 35.9 Å². The Hall–Kier alpha value is -1.49. The molecule has 0 saturated heterocycles. The highest BCUT2D eigenvalue weighted by Crippen LogP contribution is 2.13. The molecule has 0 radical (unpaired) electrons. The minimum Gasteiger partial charge on any atom is -0.481 e. The molecule has 0 spiro atoms. The molecule has 2 atom stereocenters. The van der Waals surface area contributed by atoms with Crippen molar-refractivity contribution in [2.24, 2.45) is 11.8 Å². The lowest BCUT2D eigenvalue weighted by Gasteiger charge is -2.20. The molecule has 0 saturated carbocycles. The molecule has 0 aliphatic heterocycles. The average Bonchev–Trinajstić information content (AvgIpc) is 2.44. The molecule has 5 heteroatoms. The number of carbonyl (C=O) groups is 2. The predicted octanol–water partition coefficient (Wildman–Crippen LogP) is 2.39. The Morgan fingerprint density at radius 1 is 1.24 bits per heavy atom. The van der Waals surface area contributed by atoms with Crippen LogP contribution in [0.5, 0.6) is 0 Å². The lowest BCUT2D eigenvalue weighted by atomic mass is 9.96. The molecule has 2 N–H and O–H groups in total. The summed E-state index contributed by atoms with van der Waals surface area (Å²) in [6.45, 7) is 3.81. The van der Waals surface area contributed by atoms with Gasteiger partial charge < -0.3 is 10.4 Å². The number of aliphatic carboxylic acids is 1. The van der Waals surface area contributed by atoms with E-state index in [-0.39, 0.29) is 12.0 Å². The smallest absolute Gasteiger partial charge is 0.316 e. The van der Waals surface area contributed by atoms with Crippen LogP contribution in [0.25, 0.3) is 0 Å². The SMILES string of the molecule is CC(C)C[C@@H](C(=O)O)C(=O)N[C@H](CS)Cc1ccccc1. The molecule has 1 amide bonds. The number of carboxylic acids is 1. The first-order chi connectivity index (χ1) is 9.93. The summed E-state index contributed by atoms with van der Waals surface area (Å²) in [5, 5.41) is 12.0. The van der Waals surface area contributed by atoms with Gasteiger partial charge in [-0.15, -0.1) is 0 Å². The van der Waals surface area contributed by atoms with Crippen LogP contribution >= 0.6 is 12.6 Å². The Bertz CT molecular complexity index is 462. The second kappa shape index (κ2) is 8.72. The molecular formula is C16H23NO3S. The first kappa shape index (κ1) is 17.6. The Morgan fingerprint density at radius 2 is 1.86 bits per heavy atom. The fourth-order valence-corrected chi connectivity index (χ4v) is 2.37. The third-order valence-electron chi connectivity index (χ3n) is 3.21. The van der Waals surface area contributed by atoms with Crippen molar-refractivity contribution < 1.29 is 14.7 Å². The Morgan fingerprint density at radius 3 is 2.33 bits per heavy atom. The summed E-state index contributed by atoms with van der Waals surface area (Å²) < 4.78 is 0. The predicted molar refractivity (Wildman–Crippen MR) is 86.5 cm³/mol. The lowest BCUT2D eigenvalue weighted by Crippen LogP contribution is -2.44. The zero-order chi connectivity index (χ0) is 15.8. The number of benzene rings is 1. The molecule has 0 aliphatic carbocycles. The van der Waals surface area contributed by atoms with Crippen molar-refractivity contribution in [1.82, 2.24) is 5.32 Å². The number of amides is 1. The molecule has 116 valence electrons. The zero-order valence-electron chi connectivity index (χ0n) is 12.5. The van der Waals surface area contributed by atoms with Crippen molar-refractivity contribution in [3.63, 3.8) is 0 Å². The maximum Gasteiger partial charge on any atom is 0.316 e. The van der Waals surface area contributed by atoms with Gasteiger partial charge in [0.05, 0.1) is 0 Å². The highest BCUT2D eigenvalue weighted by molar-refractivity contribution is 7.80. The van der Waals surface area contributed by atoms with Gasteiger partial charge in [0, 0.05) is 11.8 Å². The number of thiol groups is 1. The number of nitrogens with one attached hydrogen (secondary N) is 1. The normalized spacial score (nSPS) is 13.7. The van der Waals surface area contributed by atoms with Crippen molar-refractivity contribution in [2.45, 2.75) is 32.7 Å². The standard InChI is InChI=1S/C16H23NO3S/c1-11(2)8-14(16(19)20)15(18)17-13(10-21)9-12-6-4-3-5-7-12/h3-7,11,13-14,21H,8-10H2,1-2H3,(H,17,18)(H,19,20)/t13-,14+/m0/s1. The van der Waals surface area contributed by atoms with Gasteiger partial charge in [0.15, 0.2) is 0 Å². The molecule has 0 bridgehead atoms. The Kier molecular flexibility index (Phi) is 7.29. The molecule has 0 heterocycles. The van der Waals surface area contributed by atoms with Crippen LogP contribution in [-0.2, 0) is 16.0 Å². The second-order valence-corrected chi connectivity index (χ2v) is 5.96. The second-order valence-electron chi connectivity index (χ2n) is 5.60. The number of carbonyl (C=O) groups excluding carboxylic acids is 1. The van der Waals surface area contributed by atoms with Crippen LogP contribution in [0.15, 0.2) is 30.3 Å². The summed E-state index contributed by atoms with van der Waals surface area (Å²) in [6, 6.07) is 9.59. The lowest BCUT2D eigenvalue weighted by molar-refractivity contribution is -0.147. The first-order valence-electron chi connectivity index (χ1n) is 7.12. The summed E-state index contributed by atoms with van der Waals surface area (Å²) in [5.74, 6) is -1.87. The van der Waals surface area contributed by atoms with Crippen molar-refractivity contribution in [2.75, 3.05) is 5.75 Å². The van der Waals surface area contributed by atoms with Gasteiger partial charge in [-0.1, -0.05) is 44.2 Å². The number of carboxylic acid groups (broad SMARTS) is 1. The summed E-state index contributed by atoms with van der Waals surface area (Å²) in [4.78, 5) is 23.4. The molecule has 0 aromatic heterocycles. The molecule has 1 aromatic carbocycles. The Balaban J connectivity index is 2.66. The van der Waals surface area contributed by atoms with E-state index >= 15 is 0 Å². The minimum absolute atomic E-state index is 0.153. The van der Waals surface area contributed by atoms with E-state index in [2.05, 4.69) is 17.9 Å². The van der Waals surface area contributed by atoms with Crippen LogP contribution in [0.2, 0.25) is 0 Å². The van der Waals surface area contributed by atoms with Gasteiger partial charge in [0.25, 0.3) is 0 Å². The zero-order valence-corrected chi connectivity index (χ0v) is 13.3. The van der Waals surface area contributed by atoms with Gasteiger partial charge in [0.1, 0.15) is 5.92 Å². The monoisotopic (exact) mass is 309 g/mol. The molecule has 1 rings (SSSR count). The van der Waals surface area contributed by atoms with Crippen LogP contribution in [0.1, 0.15) is 25.8 Å². The van der Waals surface area contributed by atoms with Crippen molar-refractivity contribution >= 4 is 24.5 Å². The molecule has 1 aromatic rings. The third-order valence-corrected chi connectivity index (χ3v) is 3.65. The van der Waals surface area contributed by atoms with E-state index in [1.165, 1.54) is 0 Å². The van der Waals surface area contributed by atoms with E-state index < -0.39 is 17.8 Å². The number of hydrogen-bond acceptors (Lipinski definition) is 3. The largest absolute Gasteiger partial charge is 0.481 e. The molecule has 21 heavy (non-hydrogen) atoms. The van der Waals surface area contributed by atoms with Crippen LogP contribution in [0.3, 0.4) is 0 Å². The third kappa shape index (κ3) is 6.21. The van der Waals surface area contributed by atoms with Crippen LogP contribution in [-0.4, -0.2) is 28.8 Å². The van der Waals surface area contributed by atoms with Gasteiger partial charge in [0.2, 0.25) is 5.91 Å². The summed E-state index contributed by atoms with van der Waals surface area (Å²) >= 11 is 4.25. The fourth-order valence-electron chi connectivity index (χ4n) is 2.15. The summed E-state index contributed by atoms with van der Waals surface area (Å²) in [6.07, 6.45) is 0.982. The van der Waals surface area contributed by atoms with Crippen LogP contribution in [0.4, 0.5) is 0 Å². The van der Waals surface area contributed by atoms with E-state index in [1.54, 1.807) is 0 Å².